The first kappa shape index (κ1) is 14.1. The Hall–Kier alpha value is -0.980. The van der Waals surface area contributed by atoms with E-state index in [1.165, 1.54) is 11.1 Å². The first-order valence-electron chi connectivity index (χ1n) is 6.03. The van der Waals surface area contributed by atoms with E-state index in [4.69, 9.17) is 5.26 Å². The summed E-state index contributed by atoms with van der Waals surface area (Å²) in [5.41, 5.74) is 2.75. The van der Waals surface area contributed by atoms with Gasteiger partial charge < -0.3 is 5.32 Å². The van der Waals surface area contributed by atoms with Crippen LogP contribution in [-0.4, -0.2) is 18.3 Å². The number of aryl methyl sites for hydroxylation is 1. The van der Waals surface area contributed by atoms with Gasteiger partial charge in [0, 0.05) is 5.75 Å². The Morgan fingerprint density at radius 3 is 2.82 bits per heavy atom. The average molecular weight is 248 g/mol. The second kappa shape index (κ2) is 8.16. The quantitative estimate of drug-likeness (QED) is 0.753. The molecule has 0 spiro atoms. The molecule has 1 atom stereocenters. The van der Waals surface area contributed by atoms with Gasteiger partial charge in [-0.2, -0.15) is 17.0 Å². The van der Waals surface area contributed by atoms with E-state index in [2.05, 4.69) is 42.6 Å². The zero-order chi connectivity index (χ0) is 12.5. The molecular formula is C14H20N2S. The lowest BCUT2D eigenvalue weighted by molar-refractivity contribution is 0.613. The summed E-state index contributed by atoms with van der Waals surface area (Å²) in [6.07, 6.45) is 0.918. The smallest absolute Gasteiger partial charge is 0.0960 e. The summed E-state index contributed by atoms with van der Waals surface area (Å²) in [6, 6.07) is 10.8. The minimum Gasteiger partial charge on any atom is -0.302 e. The molecule has 2 nitrogen and oxygen atoms in total. The molecule has 92 valence electrons. The largest absolute Gasteiger partial charge is 0.302 e. The maximum Gasteiger partial charge on any atom is 0.0960 e. The van der Waals surface area contributed by atoms with Crippen LogP contribution < -0.4 is 5.32 Å². The number of nitriles is 1. The van der Waals surface area contributed by atoms with Crippen molar-refractivity contribution in [2.75, 3.05) is 12.3 Å². The highest BCUT2D eigenvalue weighted by Gasteiger charge is 2.04. The standard InChI is InChI=1S/C14H20N2S/c1-3-16-14(10-15)8-9-17-11-13-7-5-4-6-12(13)2/h4-7,14,16H,3,8-9,11H2,1-2H3. The van der Waals surface area contributed by atoms with Crippen molar-refractivity contribution in [3.63, 3.8) is 0 Å². The first-order chi connectivity index (χ1) is 8.27. The molecule has 0 aliphatic carbocycles. The van der Waals surface area contributed by atoms with Gasteiger partial charge in [-0.05, 0) is 36.8 Å². The van der Waals surface area contributed by atoms with Gasteiger partial charge in [0.1, 0.15) is 0 Å². The van der Waals surface area contributed by atoms with Crippen LogP contribution in [0.2, 0.25) is 0 Å². The molecule has 0 fully saturated rings. The molecule has 0 radical (unpaired) electrons. The van der Waals surface area contributed by atoms with Gasteiger partial charge in [0.25, 0.3) is 0 Å². The van der Waals surface area contributed by atoms with E-state index in [0.29, 0.717) is 0 Å². The molecule has 0 aliphatic rings. The maximum atomic E-state index is 8.90. The van der Waals surface area contributed by atoms with Gasteiger partial charge in [0.2, 0.25) is 0 Å². The van der Waals surface area contributed by atoms with Crippen LogP contribution in [0.1, 0.15) is 24.5 Å². The highest BCUT2D eigenvalue weighted by molar-refractivity contribution is 7.98. The summed E-state index contributed by atoms with van der Waals surface area (Å²) in [5.74, 6) is 2.07. The third-order valence-corrected chi connectivity index (χ3v) is 3.72. The van der Waals surface area contributed by atoms with Gasteiger partial charge in [0.05, 0.1) is 12.1 Å². The molecule has 0 aliphatic heterocycles. The third-order valence-electron chi connectivity index (χ3n) is 2.68. The molecule has 0 saturated carbocycles. The number of nitrogens with zero attached hydrogens (tertiary/aromatic N) is 1. The number of rotatable bonds is 7. The van der Waals surface area contributed by atoms with Crippen molar-refractivity contribution in [1.29, 1.82) is 5.26 Å². The Balaban J connectivity index is 2.25. The van der Waals surface area contributed by atoms with Crippen molar-refractivity contribution in [3.8, 4) is 6.07 Å². The molecule has 1 aromatic rings. The minimum absolute atomic E-state index is 0.00405. The lowest BCUT2D eigenvalue weighted by atomic mass is 10.1. The van der Waals surface area contributed by atoms with Crippen LogP contribution in [0.4, 0.5) is 0 Å². The van der Waals surface area contributed by atoms with Crippen LogP contribution in [0.3, 0.4) is 0 Å². The monoisotopic (exact) mass is 248 g/mol. The molecule has 3 heteroatoms. The van der Waals surface area contributed by atoms with E-state index in [1.54, 1.807) is 0 Å². The van der Waals surface area contributed by atoms with Crippen LogP contribution in [0.5, 0.6) is 0 Å². The second-order valence-corrected chi connectivity index (χ2v) is 5.11. The van der Waals surface area contributed by atoms with Crippen molar-refractivity contribution in [3.05, 3.63) is 35.4 Å². The molecule has 1 unspecified atom stereocenters. The molecule has 17 heavy (non-hydrogen) atoms. The lowest BCUT2D eigenvalue weighted by Gasteiger charge is -2.09. The Bertz CT molecular complexity index is 371. The van der Waals surface area contributed by atoms with Crippen LogP contribution in [0.15, 0.2) is 24.3 Å². The van der Waals surface area contributed by atoms with Crippen molar-refractivity contribution in [1.82, 2.24) is 5.32 Å². The summed E-state index contributed by atoms with van der Waals surface area (Å²) >= 11 is 1.90. The van der Waals surface area contributed by atoms with Crippen LogP contribution in [0, 0.1) is 18.3 Å². The summed E-state index contributed by atoms with van der Waals surface area (Å²) in [6.45, 7) is 5.04. The Kier molecular flexibility index (Phi) is 6.76. The van der Waals surface area contributed by atoms with Gasteiger partial charge in [-0.1, -0.05) is 31.2 Å². The molecule has 1 rings (SSSR count). The van der Waals surface area contributed by atoms with Gasteiger partial charge in [-0.25, -0.2) is 0 Å². The van der Waals surface area contributed by atoms with Gasteiger partial charge in [0.15, 0.2) is 0 Å². The minimum atomic E-state index is 0.00405. The molecule has 0 amide bonds. The van der Waals surface area contributed by atoms with Gasteiger partial charge in [-0.3, -0.25) is 0 Å². The fourth-order valence-electron chi connectivity index (χ4n) is 1.61. The van der Waals surface area contributed by atoms with E-state index in [0.717, 1.165) is 24.5 Å². The normalized spacial score (nSPS) is 12.1. The Morgan fingerprint density at radius 2 is 2.18 bits per heavy atom. The fraction of sp³-hybridized carbons (Fsp3) is 0.500. The summed E-state index contributed by atoms with van der Waals surface area (Å²) in [4.78, 5) is 0. The fourth-order valence-corrected chi connectivity index (χ4v) is 2.70. The molecule has 0 bridgehead atoms. The molecular weight excluding hydrogens is 228 g/mol. The summed E-state index contributed by atoms with van der Waals surface area (Å²) < 4.78 is 0. The molecule has 0 saturated heterocycles. The first-order valence-corrected chi connectivity index (χ1v) is 7.18. The summed E-state index contributed by atoms with van der Waals surface area (Å²) in [5, 5.41) is 12.1. The van der Waals surface area contributed by atoms with E-state index in [-0.39, 0.29) is 6.04 Å². The predicted octanol–water partition coefficient (Wildman–Crippen LogP) is 3.12. The Morgan fingerprint density at radius 1 is 1.41 bits per heavy atom. The van der Waals surface area contributed by atoms with Crippen molar-refractivity contribution < 1.29 is 0 Å². The predicted molar refractivity (Wildman–Crippen MR) is 75.0 cm³/mol. The zero-order valence-corrected chi connectivity index (χ0v) is 11.4. The Labute approximate surface area is 108 Å². The molecule has 0 heterocycles. The zero-order valence-electron chi connectivity index (χ0n) is 10.6. The maximum absolute atomic E-state index is 8.90. The van der Waals surface area contributed by atoms with Crippen LogP contribution >= 0.6 is 11.8 Å². The topological polar surface area (TPSA) is 35.8 Å². The van der Waals surface area contributed by atoms with Crippen molar-refractivity contribution in [2.24, 2.45) is 0 Å². The van der Waals surface area contributed by atoms with Crippen LogP contribution in [0.25, 0.3) is 0 Å². The SMILES string of the molecule is CCNC(C#N)CCSCc1ccccc1C. The highest BCUT2D eigenvalue weighted by atomic mass is 32.2. The van der Waals surface area contributed by atoms with Crippen molar-refractivity contribution in [2.45, 2.75) is 32.1 Å². The third kappa shape index (κ3) is 5.25. The number of benzene rings is 1. The second-order valence-electron chi connectivity index (χ2n) is 4.01. The van der Waals surface area contributed by atoms with E-state index >= 15 is 0 Å². The van der Waals surface area contributed by atoms with Gasteiger partial charge in [-0.15, -0.1) is 0 Å². The van der Waals surface area contributed by atoms with E-state index in [1.807, 2.05) is 18.7 Å². The summed E-state index contributed by atoms with van der Waals surface area (Å²) in [7, 11) is 0. The number of nitrogens with one attached hydrogen (secondary N) is 1. The molecule has 0 aromatic heterocycles. The average Bonchev–Trinajstić information content (AvgIpc) is 2.35. The van der Waals surface area contributed by atoms with Gasteiger partial charge >= 0.3 is 0 Å². The molecule has 1 aromatic carbocycles. The molecule has 1 N–H and O–H groups in total. The van der Waals surface area contributed by atoms with E-state index in [9.17, 15) is 0 Å². The number of thioether (sulfide) groups is 1. The van der Waals surface area contributed by atoms with Crippen molar-refractivity contribution >= 4 is 11.8 Å². The van der Waals surface area contributed by atoms with E-state index < -0.39 is 0 Å². The van der Waals surface area contributed by atoms with Crippen LogP contribution in [-0.2, 0) is 5.75 Å². The highest BCUT2D eigenvalue weighted by Crippen LogP contribution is 2.16. The lowest BCUT2D eigenvalue weighted by Crippen LogP contribution is -2.27. The number of hydrogen-bond donors (Lipinski definition) is 1. The number of hydrogen-bond acceptors (Lipinski definition) is 3.